The number of carbonyl (C=O) groups is 2. The van der Waals surface area contributed by atoms with E-state index in [0.717, 1.165) is 5.39 Å². The molecule has 1 N–H and O–H groups in total. The minimum Gasteiger partial charge on any atom is -0.450 e. The van der Waals surface area contributed by atoms with Gasteiger partial charge in [-0.3, -0.25) is 4.79 Å². The van der Waals surface area contributed by atoms with Gasteiger partial charge < -0.3 is 14.5 Å². The minimum absolute atomic E-state index is 0.0844. The van der Waals surface area contributed by atoms with Crippen molar-refractivity contribution >= 4 is 34.4 Å². The van der Waals surface area contributed by atoms with Crippen LogP contribution in [0.25, 0.3) is 11.0 Å². The van der Waals surface area contributed by atoms with Crippen molar-refractivity contribution in [2.75, 3.05) is 13.7 Å². The van der Waals surface area contributed by atoms with Crippen molar-refractivity contribution in [1.82, 2.24) is 5.32 Å². The number of rotatable bonds is 3. The first kappa shape index (κ1) is 13.4. The van der Waals surface area contributed by atoms with Crippen LogP contribution in [0.2, 0.25) is 5.02 Å². The van der Waals surface area contributed by atoms with Gasteiger partial charge in [0.05, 0.1) is 0 Å². The predicted molar refractivity (Wildman–Crippen MR) is 70.3 cm³/mol. The summed E-state index contributed by atoms with van der Waals surface area (Å²) in [5, 5.41) is 3.66. The van der Waals surface area contributed by atoms with Crippen LogP contribution < -0.4 is 5.32 Å². The number of likely N-dealkylation sites (N-methyl/N-ethyl adjacent to an activating group) is 1. The number of halogens is 1. The highest BCUT2D eigenvalue weighted by atomic mass is 35.5. The topological polar surface area (TPSA) is 68.5 Å². The summed E-state index contributed by atoms with van der Waals surface area (Å²) in [6.07, 6.45) is 0. The molecule has 0 spiro atoms. The predicted octanol–water partition coefficient (Wildman–Crippen LogP) is 2.30. The Morgan fingerprint density at radius 2 is 2.16 bits per heavy atom. The largest absolute Gasteiger partial charge is 0.450 e. The number of aryl methyl sites for hydroxylation is 1. The summed E-state index contributed by atoms with van der Waals surface area (Å²) in [6.45, 7) is 1.39. The number of fused-ring (bicyclic) bond motifs is 1. The Kier molecular flexibility index (Phi) is 3.76. The maximum Gasteiger partial charge on any atom is 0.375 e. The van der Waals surface area contributed by atoms with Crippen molar-refractivity contribution < 1.29 is 18.7 Å². The number of carbonyl (C=O) groups excluding carboxylic acids is 2. The fourth-order valence-electron chi connectivity index (χ4n) is 1.66. The Morgan fingerprint density at radius 3 is 2.84 bits per heavy atom. The Morgan fingerprint density at radius 1 is 1.42 bits per heavy atom. The lowest BCUT2D eigenvalue weighted by Gasteiger charge is -2.01. The van der Waals surface area contributed by atoms with Crippen LogP contribution in [-0.4, -0.2) is 25.5 Å². The molecule has 6 heteroatoms. The van der Waals surface area contributed by atoms with Crippen LogP contribution in [0.5, 0.6) is 0 Å². The summed E-state index contributed by atoms with van der Waals surface area (Å²) in [5.74, 6) is -0.972. The number of benzene rings is 1. The molecule has 0 saturated carbocycles. The molecule has 2 aromatic rings. The number of nitrogens with one attached hydrogen (secondary N) is 1. The molecule has 2 rings (SSSR count). The number of furan rings is 1. The molecule has 0 radical (unpaired) electrons. The molecule has 19 heavy (non-hydrogen) atoms. The van der Waals surface area contributed by atoms with Crippen LogP contribution in [0.1, 0.15) is 16.1 Å². The van der Waals surface area contributed by atoms with Crippen molar-refractivity contribution in [2.45, 2.75) is 6.92 Å². The van der Waals surface area contributed by atoms with E-state index in [-0.39, 0.29) is 18.3 Å². The molecular formula is C13H12ClNO4. The lowest BCUT2D eigenvalue weighted by atomic mass is 10.1. The van der Waals surface area contributed by atoms with E-state index < -0.39 is 5.97 Å². The summed E-state index contributed by atoms with van der Waals surface area (Å²) in [7, 11) is 1.46. The molecule has 1 aromatic heterocycles. The van der Waals surface area contributed by atoms with E-state index >= 15 is 0 Å². The first-order valence-corrected chi connectivity index (χ1v) is 5.97. The molecule has 0 aliphatic heterocycles. The van der Waals surface area contributed by atoms with Gasteiger partial charge in [-0.1, -0.05) is 11.6 Å². The monoisotopic (exact) mass is 281 g/mol. The van der Waals surface area contributed by atoms with E-state index in [1.165, 1.54) is 7.05 Å². The molecule has 0 fully saturated rings. The van der Waals surface area contributed by atoms with Gasteiger partial charge in [-0.2, -0.15) is 0 Å². The maximum atomic E-state index is 11.8. The van der Waals surface area contributed by atoms with Crippen LogP contribution >= 0.6 is 11.6 Å². The van der Waals surface area contributed by atoms with Crippen LogP contribution in [0.4, 0.5) is 0 Å². The molecule has 1 aromatic carbocycles. The molecule has 0 unspecified atom stereocenters. The average molecular weight is 282 g/mol. The Labute approximate surface area is 114 Å². The normalized spacial score (nSPS) is 10.5. The standard InChI is InChI=1S/C13H12ClNO4/c1-7-9-5-8(14)3-4-10(9)19-12(7)13(17)18-6-11(16)15-2/h3-5H,6H2,1-2H3,(H,15,16). The Bertz CT molecular complexity index is 647. The number of hydrogen-bond acceptors (Lipinski definition) is 4. The average Bonchev–Trinajstić information content (AvgIpc) is 2.73. The molecule has 5 nitrogen and oxygen atoms in total. The van der Waals surface area contributed by atoms with Crippen LogP contribution in [0.3, 0.4) is 0 Å². The third-order valence-electron chi connectivity index (χ3n) is 2.70. The summed E-state index contributed by atoms with van der Waals surface area (Å²) >= 11 is 5.89. The lowest BCUT2D eigenvalue weighted by molar-refractivity contribution is -0.123. The van der Waals surface area contributed by atoms with Crippen molar-refractivity contribution in [3.05, 3.63) is 34.5 Å². The van der Waals surface area contributed by atoms with Gasteiger partial charge in [-0.05, 0) is 25.1 Å². The molecular weight excluding hydrogens is 270 g/mol. The fourth-order valence-corrected chi connectivity index (χ4v) is 1.83. The third-order valence-corrected chi connectivity index (χ3v) is 2.93. The molecule has 0 aliphatic carbocycles. The third kappa shape index (κ3) is 2.71. The van der Waals surface area contributed by atoms with Gasteiger partial charge in [-0.15, -0.1) is 0 Å². The zero-order chi connectivity index (χ0) is 14.0. The van der Waals surface area contributed by atoms with Gasteiger partial charge in [0.2, 0.25) is 5.76 Å². The molecule has 1 heterocycles. The van der Waals surface area contributed by atoms with E-state index in [4.69, 9.17) is 20.8 Å². The number of amides is 1. The van der Waals surface area contributed by atoms with Gasteiger partial charge in [0.25, 0.3) is 5.91 Å². The molecule has 0 aliphatic rings. The van der Waals surface area contributed by atoms with Gasteiger partial charge in [0, 0.05) is 23.0 Å². The lowest BCUT2D eigenvalue weighted by Crippen LogP contribution is -2.25. The SMILES string of the molecule is CNC(=O)COC(=O)c1oc2ccc(Cl)cc2c1C. The zero-order valence-electron chi connectivity index (χ0n) is 10.5. The van der Waals surface area contributed by atoms with Crippen molar-refractivity contribution in [1.29, 1.82) is 0 Å². The molecule has 0 atom stereocenters. The highest BCUT2D eigenvalue weighted by molar-refractivity contribution is 6.31. The summed E-state index contributed by atoms with van der Waals surface area (Å²) < 4.78 is 10.3. The van der Waals surface area contributed by atoms with Gasteiger partial charge in [0.1, 0.15) is 5.58 Å². The van der Waals surface area contributed by atoms with E-state index in [0.29, 0.717) is 16.2 Å². The highest BCUT2D eigenvalue weighted by Crippen LogP contribution is 2.28. The van der Waals surface area contributed by atoms with Gasteiger partial charge in [0.15, 0.2) is 6.61 Å². The summed E-state index contributed by atoms with van der Waals surface area (Å²) in [5.41, 5.74) is 1.19. The van der Waals surface area contributed by atoms with Crippen LogP contribution in [0, 0.1) is 6.92 Å². The van der Waals surface area contributed by atoms with E-state index in [9.17, 15) is 9.59 Å². The Balaban J connectivity index is 2.27. The number of ether oxygens (including phenoxy) is 1. The second kappa shape index (κ2) is 5.32. The quantitative estimate of drug-likeness (QED) is 0.877. The van der Waals surface area contributed by atoms with Gasteiger partial charge in [-0.25, -0.2) is 4.79 Å². The second-order valence-electron chi connectivity index (χ2n) is 3.95. The molecule has 0 saturated heterocycles. The summed E-state index contributed by atoms with van der Waals surface area (Å²) in [6, 6.07) is 5.07. The molecule has 0 bridgehead atoms. The zero-order valence-corrected chi connectivity index (χ0v) is 11.2. The Hall–Kier alpha value is -2.01. The van der Waals surface area contributed by atoms with E-state index in [1.54, 1.807) is 25.1 Å². The highest BCUT2D eigenvalue weighted by Gasteiger charge is 2.19. The fraction of sp³-hybridized carbons (Fsp3) is 0.231. The summed E-state index contributed by atoms with van der Waals surface area (Å²) in [4.78, 5) is 22.8. The van der Waals surface area contributed by atoms with Crippen LogP contribution in [0.15, 0.2) is 22.6 Å². The van der Waals surface area contributed by atoms with Crippen molar-refractivity contribution in [2.24, 2.45) is 0 Å². The molecule has 100 valence electrons. The number of esters is 1. The second-order valence-corrected chi connectivity index (χ2v) is 4.38. The van der Waals surface area contributed by atoms with Crippen molar-refractivity contribution in [3.8, 4) is 0 Å². The maximum absolute atomic E-state index is 11.8. The first-order chi connectivity index (χ1) is 9.02. The minimum atomic E-state index is -0.673. The first-order valence-electron chi connectivity index (χ1n) is 5.59. The van der Waals surface area contributed by atoms with E-state index in [1.807, 2.05) is 0 Å². The van der Waals surface area contributed by atoms with Gasteiger partial charge >= 0.3 is 5.97 Å². The smallest absolute Gasteiger partial charge is 0.375 e. The molecule has 1 amide bonds. The van der Waals surface area contributed by atoms with Crippen molar-refractivity contribution in [3.63, 3.8) is 0 Å². The van der Waals surface area contributed by atoms with Crippen LogP contribution in [-0.2, 0) is 9.53 Å². The van der Waals surface area contributed by atoms with E-state index in [2.05, 4.69) is 5.32 Å². The number of hydrogen-bond donors (Lipinski definition) is 1.